The minimum atomic E-state index is 0.680. The Morgan fingerprint density at radius 2 is 1.94 bits per heavy atom. The second-order valence-electron chi connectivity index (χ2n) is 4.25. The smallest absolute Gasteiger partial charge is 0.144 e. The van der Waals surface area contributed by atoms with E-state index in [1.165, 1.54) is 5.56 Å². The molecule has 3 rings (SSSR count). The summed E-state index contributed by atoms with van der Waals surface area (Å²) in [5, 5.41) is 1.70. The summed E-state index contributed by atoms with van der Waals surface area (Å²) in [6.07, 6.45) is 2.39. The summed E-state index contributed by atoms with van der Waals surface area (Å²) in [7, 11) is 1.91. The molecule has 4 heteroatoms. The average Bonchev–Trinajstić information content (AvgIpc) is 2.69. The van der Waals surface area contributed by atoms with Crippen molar-refractivity contribution >= 4 is 22.6 Å². The van der Waals surface area contributed by atoms with Crippen molar-refractivity contribution in [1.82, 2.24) is 14.5 Å². The van der Waals surface area contributed by atoms with Gasteiger partial charge in [0.15, 0.2) is 0 Å². The number of aromatic nitrogens is 3. The van der Waals surface area contributed by atoms with E-state index in [0.717, 1.165) is 23.1 Å². The third-order valence-electron chi connectivity index (χ3n) is 3.06. The van der Waals surface area contributed by atoms with E-state index >= 15 is 0 Å². The maximum absolute atomic E-state index is 6.12. The highest BCUT2D eigenvalue weighted by molar-refractivity contribution is 6.30. The Balaban J connectivity index is 2.10. The highest BCUT2D eigenvalue weighted by atomic mass is 35.5. The summed E-state index contributed by atoms with van der Waals surface area (Å²) in [4.78, 5) is 8.64. The first-order valence-electron chi connectivity index (χ1n) is 5.74. The predicted octanol–water partition coefficient (Wildman–Crippen LogP) is 3.21. The molecule has 0 atom stereocenters. The number of halogens is 1. The van der Waals surface area contributed by atoms with Crippen LogP contribution in [0, 0.1) is 0 Å². The topological polar surface area (TPSA) is 30.7 Å². The molecule has 0 N–H and O–H groups in total. The molecule has 3 nitrogen and oxygen atoms in total. The van der Waals surface area contributed by atoms with Crippen molar-refractivity contribution in [2.75, 3.05) is 0 Å². The van der Waals surface area contributed by atoms with Crippen molar-refractivity contribution in [3.8, 4) is 0 Å². The van der Waals surface area contributed by atoms with E-state index in [1.54, 1.807) is 6.33 Å². The maximum Gasteiger partial charge on any atom is 0.144 e. The number of fused-ring (bicyclic) bond motifs is 1. The van der Waals surface area contributed by atoms with Gasteiger partial charge in [0.1, 0.15) is 17.1 Å². The van der Waals surface area contributed by atoms with Crippen LogP contribution in [0.4, 0.5) is 0 Å². The molecule has 0 fully saturated rings. The first-order valence-corrected chi connectivity index (χ1v) is 6.12. The van der Waals surface area contributed by atoms with Crippen LogP contribution in [0.1, 0.15) is 11.3 Å². The minimum absolute atomic E-state index is 0.680. The first kappa shape index (κ1) is 11.2. The maximum atomic E-state index is 6.12. The highest BCUT2D eigenvalue weighted by Gasteiger charge is 2.10. The number of hydrogen-bond donors (Lipinski definition) is 0. The largest absolute Gasteiger partial charge is 0.319 e. The monoisotopic (exact) mass is 257 g/mol. The summed E-state index contributed by atoms with van der Waals surface area (Å²) < 4.78 is 1.87. The molecule has 0 aliphatic heterocycles. The van der Waals surface area contributed by atoms with Crippen LogP contribution in [0.3, 0.4) is 0 Å². The summed E-state index contributed by atoms with van der Waals surface area (Å²) in [5.41, 5.74) is 3.12. The van der Waals surface area contributed by atoms with E-state index in [0.29, 0.717) is 5.15 Å². The molecule has 0 radical (unpaired) electrons. The van der Waals surface area contributed by atoms with Crippen molar-refractivity contribution in [1.29, 1.82) is 0 Å². The zero-order valence-electron chi connectivity index (χ0n) is 9.97. The van der Waals surface area contributed by atoms with Crippen LogP contribution in [0.15, 0.2) is 42.7 Å². The Bertz CT molecular complexity index is 689. The molecule has 0 spiro atoms. The molecule has 2 heterocycles. The first-order chi connectivity index (χ1) is 8.75. The van der Waals surface area contributed by atoms with Gasteiger partial charge in [-0.15, -0.1) is 0 Å². The molecular formula is C14H12ClN3. The van der Waals surface area contributed by atoms with Crippen molar-refractivity contribution in [3.63, 3.8) is 0 Å². The minimum Gasteiger partial charge on any atom is -0.319 e. The Labute approximate surface area is 110 Å². The summed E-state index contributed by atoms with van der Waals surface area (Å²) in [5.74, 6) is 0. The second kappa shape index (κ2) is 4.42. The summed E-state index contributed by atoms with van der Waals surface area (Å²) >= 11 is 6.12. The Kier molecular flexibility index (Phi) is 2.76. The Hall–Kier alpha value is -1.87. The standard InChI is InChI=1S/C14H12ClN3/c1-18-13(15)8-11-12(16-9-17-14(11)18)7-10-5-3-2-4-6-10/h2-6,8-9H,7H2,1H3. The van der Waals surface area contributed by atoms with Crippen LogP contribution < -0.4 is 0 Å². The van der Waals surface area contributed by atoms with Gasteiger partial charge >= 0.3 is 0 Å². The van der Waals surface area contributed by atoms with Crippen LogP contribution >= 0.6 is 11.6 Å². The quantitative estimate of drug-likeness (QED) is 0.706. The molecule has 1 aromatic carbocycles. The molecule has 18 heavy (non-hydrogen) atoms. The highest BCUT2D eigenvalue weighted by Crippen LogP contribution is 2.23. The van der Waals surface area contributed by atoms with Gasteiger partial charge in [-0.2, -0.15) is 0 Å². The fourth-order valence-corrected chi connectivity index (χ4v) is 2.27. The van der Waals surface area contributed by atoms with Gasteiger partial charge in [-0.25, -0.2) is 9.97 Å². The third-order valence-corrected chi connectivity index (χ3v) is 3.42. The zero-order valence-corrected chi connectivity index (χ0v) is 10.7. The molecule has 90 valence electrons. The van der Waals surface area contributed by atoms with E-state index < -0.39 is 0 Å². The van der Waals surface area contributed by atoms with Gasteiger partial charge in [0, 0.05) is 18.9 Å². The SMILES string of the molecule is Cn1c(Cl)cc2c(Cc3ccccc3)ncnc21. The van der Waals surface area contributed by atoms with Gasteiger partial charge in [-0.1, -0.05) is 41.9 Å². The number of rotatable bonds is 2. The molecular weight excluding hydrogens is 246 g/mol. The van der Waals surface area contributed by atoms with E-state index in [9.17, 15) is 0 Å². The van der Waals surface area contributed by atoms with Crippen LogP contribution in [0.25, 0.3) is 11.0 Å². The molecule has 0 bridgehead atoms. The van der Waals surface area contributed by atoms with E-state index in [4.69, 9.17) is 11.6 Å². The molecule has 0 aliphatic carbocycles. The Morgan fingerprint density at radius 3 is 2.72 bits per heavy atom. The predicted molar refractivity (Wildman–Crippen MR) is 72.8 cm³/mol. The van der Waals surface area contributed by atoms with Gasteiger partial charge in [0.2, 0.25) is 0 Å². The third kappa shape index (κ3) is 1.87. The lowest BCUT2D eigenvalue weighted by Gasteiger charge is -2.02. The average molecular weight is 258 g/mol. The molecule has 0 saturated heterocycles. The van der Waals surface area contributed by atoms with Crippen LogP contribution in [-0.4, -0.2) is 14.5 Å². The summed E-state index contributed by atoms with van der Waals surface area (Å²) in [6.45, 7) is 0. The van der Waals surface area contributed by atoms with Crippen LogP contribution in [0.2, 0.25) is 5.15 Å². The molecule has 0 unspecified atom stereocenters. The Morgan fingerprint density at radius 1 is 1.17 bits per heavy atom. The van der Waals surface area contributed by atoms with Gasteiger partial charge in [0.25, 0.3) is 0 Å². The van der Waals surface area contributed by atoms with Crippen molar-refractivity contribution in [3.05, 3.63) is 59.1 Å². The lowest BCUT2D eigenvalue weighted by Crippen LogP contribution is -1.96. The van der Waals surface area contributed by atoms with Gasteiger partial charge < -0.3 is 4.57 Å². The zero-order chi connectivity index (χ0) is 12.5. The van der Waals surface area contributed by atoms with Gasteiger partial charge in [-0.05, 0) is 11.6 Å². The number of benzene rings is 1. The van der Waals surface area contributed by atoms with E-state index in [1.807, 2.05) is 35.9 Å². The number of nitrogens with zero attached hydrogens (tertiary/aromatic N) is 3. The summed E-state index contributed by atoms with van der Waals surface area (Å²) in [6, 6.07) is 12.2. The molecule has 0 amide bonds. The molecule has 2 aromatic heterocycles. The lowest BCUT2D eigenvalue weighted by molar-refractivity contribution is 0.938. The second-order valence-corrected chi connectivity index (χ2v) is 4.63. The molecule has 3 aromatic rings. The van der Waals surface area contributed by atoms with E-state index in [-0.39, 0.29) is 0 Å². The fourth-order valence-electron chi connectivity index (χ4n) is 2.08. The van der Waals surface area contributed by atoms with Crippen molar-refractivity contribution < 1.29 is 0 Å². The van der Waals surface area contributed by atoms with Crippen molar-refractivity contribution in [2.45, 2.75) is 6.42 Å². The van der Waals surface area contributed by atoms with Crippen LogP contribution in [-0.2, 0) is 13.5 Å². The van der Waals surface area contributed by atoms with Crippen molar-refractivity contribution in [2.24, 2.45) is 7.05 Å². The molecule has 0 aliphatic rings. The van der Waals surface area contributed by atoms with Gasteiger partial charge in [0.05, 0.1) is 5.69 Å². The number of hydrogen-bond acceptors (Lipinski definition) is 2. The van der Waals surface area contributed by atoms with E-state index in [2.05, 4.69) is 22.1 Å². The molecule has 0 saturated carbocycles. The normalized spacial score (nSPS) is 11.0. The number of aryl methyl sites for hydroxylation is 1. The lowest BCUT2D eigenvalue weighted by atomic mass is 10.1. The van der Waals surface area contributed by atoms with Gasteiger partial charge in [-0.3, -0.25) is 0 Å². The fraction of sp³-hybridized carbons (Fsp3) is 0.143. The van der Waals surface area contributed by atoms with Crippen LogP contribution in [0.5, 0.6) is 0 Å².